The van der Waals surface area contributed by atoms with Gasteiger partial charge in [-0.05, 0) is 30.2 Å². The van der Waals surface area contributed by atoms with Crippen molar-refractivity contribution in [3.8, 4) is 0 Å². The van der Waals surface area contributed by atoms with Gasteiger partial charge < -0.3 is 5.11 Å². The van der Waals surface area contributed by atoms with Gasteiger partial charge in [-0.2, -0.15) is 13.2 Å². The third kappa shape index (κ3) is 3.77. The Kier molecular flexibility index (Phi) is 4.63. The number of hydrogen-bond acceptors (Lipinski definition) is 2. The molecule has 0 spiro atoms. The summed E-state index contributed by atoms with van der Waals surface area (Å²) in [4.78, 5) is 12.6. The minimum absolute atomic E-state index is 0.0744. The van der Waals surface area contributed by atoms with Crippen LogP contribution in [0.15, 0.2) is 22.7 Å². The molecular formula is C14H15BrF3NO2. The number of rotatable bonds is 3. The fourth-order valence-corrected chi connectivity index (χ4v) is 3.15. The van der Waals surface area contributed by atoms with Gasteiger partial charge in [0.1, 0.15) is 0 Å². The Morgan fingerprint density at radius 3 is 2.57 bits per heavy atom. The predicted octanol–water partition coefficient (Wildman–Crippen LogP) is 3.45. The molecule has 1 aliphatic rings. The normalized spacial score (nSPS) is 23.5. The van der Waals surface area contributed by atoms with Crippen molar-refractivity contribution in [2.75, 3.05) is 13.1 Å². The highest BCUT2D eigenvalue weighted by Gasteiger charge is 2.52. The Bertz CT molecular complexity index is 548. The average Bonchev–Trinajstić information content (AvgIpc) is 2.77. The van der Waals surface area contributed by atoms with E-state index in [1.807, 2.05) is 25.1 Å². The second kappa shape index (κ2) is 5.96. The van der Waals surface area contributed by atoms with E-state index in [1.165, 1.54) is 0 Å². The number of benzene rings is 1. The molecular weight excluding hydrogens is 351 g/mol. The monoisotopic (exact) mass is 365 g/mol. The van der Waals surface area contributed by atoms with Crippen LogP contribution in [0.1, 0.15) is 11.1 Å². The van der Waals surface area contributed by atoms with Gasteiger partial charge in [0.25, 0.3) is 0 Å². The molecule has 21 heavy (non-hydrogen) atoms. The van der Waals surface area contributed by atoms with Gasteiger partial charge in [0.2, 0.25) is 0 Å². The van der Waals surface area contributed by atoms with E-state index in [4.69, 9.17) is 5.11 Å². The Hall–Kier alpha value is -1.08. The first kappa shape index (κ1) is 16.3. The Morgan fingerprint density at radius 2 is 2.10 bits per heavy atom. The largest absolute Gasteiger partial charge is 0.481 e. The number of nitrogens with zero attached hydrogens (tertiary/aromatic N) is 1. The predicted molar refractivity (Wildman–Crippen MR) is 74.8 cm³/mol. The van der Waals surface area contributed by atoms with Crippen LogP contribution in [0.25, 0.3) is 0 Å². The summed E-state index contributed by atoms with van der Waals surface area (Å²) in [6, 6.07) is 5.56. The van der Waals surface area contributed by atoms with Gasteiger partial charge in [-0.3, -0.25) is 9.69 Å². The lowest BCUT2D eigenvalue weighted by atomic mass is 9.96. The van der Waals surface area contributed by atoms with Gasteiger partial charge in [-0.1, -0.05) is 22.0 Å². The highest BCUT2D eigenvalue weighted by molar-refractivity contribution is 9.10. The molecule has 0 saturated carbocycles. The number of aryl methyl sites for hydroxylation is 1. The molecule has 3 nitrogen and oxygen atoms in total. The van der Waals surface area contributed by atoms with E-state index in [9.17, 15) is 18.0 Å². The molecule has 0 unspecified atom stereocenters. The summed E-state index contributed by atoms with van der Waals surface area (Å²) < 4.78 is 39.7. The fraction of sp³-hybridized carbons (Fsp3) is 0.500. The van der Waals surface area contributed by atoms with E-state index in [0.717, 1.165) is 15.6 Å². The first-order valence-corrected chi connectivity index (χ1v) is 7.24. The van der Waals surface area contributed by atoms with E-state index in [2.05, 4.69) is 15.9 Å². The van der Waals surface area contributed by atoms with Crippen molar-refractivity contribution >= 4 is 21.9 Å². The lowest BCUT2D eigenvalue weighted by Gasteiger charge is -2.19. The van der Waals surface area contributed by atoms with Crippen LogP contribution in [0.3, 0.4) is 0 Å². The molecule has 1 fully saturated rings. The minimum atomic E-state index is -4.48. The average molecular weight is 366 g/mol. The van der Waals surface area contributed by atoms with Crippen LogP contribution in [-0.4, -0.2) is 35.2 Å². The van der Waals surface area contributed by atoms with Crippen molar-refractivity contribution in [3.05, 3.63) is 33.8 Å². The lowest BCUT2D eigenvalue weighted by Crippen LogP contribution is -2.33. The summed E-state index contributed by atoms with van der Waals surface area (Å²) in [5.41, 5.74) is 1.87. The van der Waals surface area contributed by atoms with E-state index < -0.39 is 24.0 Å². The molecule has 0 aromatic heterocycles. The Morgan fingerprint density at radius 1 is 1.43 bits per heavy atom. The van der Waals surface area contributed by atoms with Gasteiger partial charge in [0.05, 0.1) is 11.8 Å². The van der Waals surface area contributed by atoms with Crippen molar-refractivity contribution in [3.63, 3.8) is 0 Å². The van der Waals surface area contributed by atoms with Crippen LogP contribution in [-0.2, 0) is 11.3 Å². The fourth-order valence-electron chi connectivity index (χ4n) is 2.67. The quantitative estimate of drug-likeness (QED) is 0.891. The molecule has 2 rings (SSSR count). The molecule has 1 aromatic carbocycles. The molecule has 116 valence electrons. The molecule has 1 saturated heterocycles. The first-order valence-electron chi connectivity index (χ1n) is 6.45. The molecule has 1 aromatic rings. The maximum Gasteiger partial charge on any atom is 0.393 e. The summed E-state index contributed by atoms with van der Waals surface area (Å²) in [6.45, 7) is 1.87. The molecule has 0 radical (unpaired) electrons. The van der Waals surface area contributed by atoms with Crippen LogP contribution in [0.4, 0.5) is 13.2 Å². The topological polar surface area (TPSA) is 40.5 Å². The highest BCUT2D eigenvalue weighted by Crippen LogP contribution is 2.38. The van der Waals surface area contributed by atoms with E-state index in [0.29, 0.717) is 6.54 Å². The molecule has 0 bridgehead atoms. The second-order valence-corrected chi connectivity index (χ2v) is 6.27. The Labute approximate surface area is 128 Å². The van der Waals surface area contributed by atoms with Gasteiger partial charge in [-0.25, -0.2) is 0 Å². The lowest BCUT2D eigenvalue weighted by molar-refractivity contribution is -0.188. The number of halogens is 4. The summed E-state index contributed by atoms with van der Waals surface area (Å²) in [6.07, 6.45) is -4.48. The molecule has 2 atom stereocenters. The summed E-state index contributed by atoms with van der Waals surface area (Å²) in [5.74, 6) is -4.57. The molecule has 1 aliphatic heterocycles. The van der Waals surface area contributed by atoms with Gasteiger partial charge >= 0.3 is 12.1 Å². The number of hydrogen-bond donors (Lipinski definition) is 1. The van der Waals surface area contributed by atoms with Crippen LogP contribution in [0.5, 0.6) is 0 Å². The van der Waals surface area contributed by atoms with Gasteiger partial charge in [-0.15, -0.1) is 0 Å². The number of alkyl halides is 3. The number of aliphatic carboxylic acids is 1. The van der Waals surface area contributed by atoms with Crippen LogP contribution < -0.4 is 0 Å². The van der Waals surface area contributed by atoms with Crippen molar-refractivity contribution < 1.29 is 23.1 Å². The SMILES string of the molecule is Cc1cc(Br)ccc1CN1C[C@@H](C(F)(F)F)[C@H](C(=O)O)C1. The van der Waals surface area contributed by atoms with Crippen molar-refractivity contribution in [2.24, 2.45) is 11.8 Å². The number of carboxylic acid groups (broad SMARTS) is 1. The van der Waals surface area contributed by atoms with Crippen molar-refractivity contribution in [2.45, 2.75) is 19.6 Å². The van der Waals surface area contributed by atoms with Crippen molar-refractivity contribution in [1.29, 1.82) is 0 Å². The van der Waals surface area contributed by atoms with E-state index in [1.54, 1.807) is 4.90 Å². The standard InChI is InChI=1S/C14H15BrF3NO2/c1-8-4-10(15)3-2-9(8)5-19-6-11(13(20)21)12(7-19)14(16,17)18/h2-4,11-12H,5-7H2,1H3,(H,20,21)/t11-,12-/m1/s1. The van der Waals surface area contributed by atoms with E-state index >= 15 is 0 Å². The maximum atomic E-state index is 12.9. The van der Waals surface area contributed by atoms with Crippen LogP contribution >= 0.6 is 15.9 Å². The first-order chi connectivity index (χ1) is 9.68. The number of carboxylic acids is 1. The summed E-state index contributed by atoms with van der Waals surface area (Å²) in [7, 11) is 0. The molecule has 1 heterocycles. The minimum Gasteiger partial charge on any atom is -0.481 e. The molecule has 7 heteroatoms. The number of carbonyl (C=O) groups is 1. The maximum absolute atomic E-state index is 12.9. The smallest absolute Gasteiger partial charge is 0.393 e. The van der Waals surface area contributed by atoms with Crippen LogP contribution in [0, 0.1) is 18.8 Å². The van der Waals surface area contributed by atoms with E-state index in [-0.39, 0.29) is 13.1 Å². The third-order valence-electron chi connectivity index (χ3n) is 3.83. The second-order valence-electron chi connectivity index (χ2n) is 5.36. The van der Waals surface area contributed by atoms with Gasteiger partial charge in [0, 0.05) is 24.1 Å². The zero-order valence-electron chi connectivity index (χ0n) is 11.3. The molecule has 1 N–H and O–H groups in total. The zero-order chi connectivity index (χ0) is 15.8. The number of likely N-dealkylation sites (tertiary alicyclic amines) is 1. The van der Waals surface area contributed by atoms with Gasteiger partial charge in [0.15, 0.2) is 0 Å². The Balaban J connectivity index is 2.14. The molecule has 0 aliphatic carbocycles. The van der Waals surface area contributed by atoms with Crippen molar-refractivity contribution in [1.82, 2.24) is 4.90 Å². The zero-order valence-corrected chi connectivity index (χ0v) is 12.9. The summed E-state index contributed by atoms with van der Waals surface area (Å²) in [5, 5.41) is 8.99. The highest BCUT2D eigenvalue weighted by atomic mass is 79.9. The summed E-state index contributed by atoms with van der Waals surface area (Å²) >= 11 is 3.33. The van der Waals surface area contributed by atoms with Crippen LogP contribution in [0.2, 0.25) is 0 Å². The third-order valence-corrected chi connectivity index (χ3v) is 4.32. The molecule has 0 amide bonds.